The Morgan fingerprint density at radius 2 is 1.97 bits per heavy atom. The summed E-state index contributed by atoms with van der Waals surface area (Å²) in [4.78, 5) is 34.3. The van der Waals surface area contributed by atoms with E-state index in [2.05, 4.69) is 9.55 Å². The number of likely N-dealkylation sites (tertiary alicyclic amines) is 1. The van der Waals surface area contributed by atoms with E-state index in [1.54, 1.807) is 22.9 Å². The molecule has 2 amide bonds. The lowest BCUT2D eigenvalue weighted by Crippen LogP contribution is -2.51. The van der Waals surface area contributed by atoms with Crippen LogP contribution < -0.4 is 0 Å². The van der Waals surface area contributed by atoms with Crippen molar-refractivity contribution in [3.63, 3.8) is 0 Å². The second-order valence-electron chi connectivity index (χ2n) is 11.2. The van der Waals surface area contributed by atoms with Crippen LogP contribution in [0.1, 0.15) is 49.4 Å². The number of Topliss-reactive ketones (excluding diaryl/α,β-unsaturated/α-hetero) is 1. The third kappa shape index (κ3) is 3.94. The van der Waals surface area contributed by atoms with Gasteiger partial charge in [0.05, 0.1) is 24.0 Å². The summed E-state index contributed by atoms with van der Waals surface area (Å²) >= 11 is 0. The smallest absolute Gasteiger partial charge is 0.320 e. The Labute approximate surface area is 224 Å². The van der Waals surface area contributed by atoms with E-state index in [1.807, 2.05) is 35.0 Å². The Bertz CT molecular complexity index is 1700. The summed E-state index contributed by atoms with van der Waals surface area (Å²) in [6.45, 7) is 3.34. The molecule has 0 N–H and O–H groups in total. The number of fused-ring (bicyclic) bond motifs is 1. The van der Waals surface area contributed by atoms with Gasteiger partial charge in [-0.25, -0.2) is 18.6 Å². The van der Waals surface area contributed by atoms with Gasteiger partial charge < -0.3 is 14.4 Å². The Balaban J connectivity index is 1.31. The minimum atomic E-state index is -1.39. The molecule has 0 saturated carbocycles. The number of amides is 2. The molecule has 0 bridgehead atoms. The number of benzene rings is 1. The second kappa shape index (κ2) is 8.76. The largest absolute Gasteiger partial charge is 0.345 e. The van der Waals surface area contributed by atoms with Crippen LogP contribution in [0.15, 0.2) is 48.9 Å². The molecule has 9 heteroatoms. The number of nitrogens with zero attached hydrogens (tertiary/aromatic N) is 5. The lowest BCUT2D eigenvalue weighted by atomic mass is 9.97. The number of hydrogen-bond acceptors (Lipinski definition) is 3. The van der Waals surface area contributed by atoms with E-state index in [1.165, 1.54) is 12.1 Å². The maximum Gasteiger partial charge on any atom is 0.320 e. The Kier molecular flexibility index (Phi) is 5.40. The predicted octanol–water partition coefficient (Wildman–Crippen LogP) is 5.46. The molecule has 3 aromatic heterocycles. The first-order chi connectivity index (χ1) is 18.8. The van der Waals surface area contributed by atoms with E-state index in [-0.39, 0.29) is 30.7 Å². The van der Waals surface area contributed by atoms with Crippen LogP contribution >= 0.6 is 0 Å². The molecular formula is C30H29F2N5O2. The molecule has 3 aliphatic rings. The molecule has 1 saturated heterocycles. The number of piperidine rings is 1. The van der Waals surface area contributed by atoms with Gasteiger partial charge in [0.1, 0.15) is 17.1 Å². The van der Waals surface area contributed by atoms with Crippen molar-refractivity contribution in [3.8, 4) is 0 Å². The average Bonchev–Trinajstić information content (AvgIpc) is 3.56. The fraction of sp³-hybridized carbons (Fsp3) is 0.367. The summed E-state index contributed by atoms with van der Waals surface area (Å²) in [6, 6.07) is 8.52. The van der Waals surface area contributed by atoms with Crippen LogP contribution in [0.5, 0.6) is 0 Å². The van der Waals surface area contributed by atoms with Crippen molar-refractivity contribution in [2.45, 2.75) is 51.4 Å². The van der Waals surface area contributed by atoms with E-state index in [0.717, 1.165) is 33.4 Å². The highest BCUT2D eigenvalue weighted by Crippen LogP contribution is 2.42. The SMILES string of the molecule is CC1(F)CCCN(C(=O)N2CCn3cc(C4=C(c5cnc6ccccn56)C(=O)CC4)c4cc(F)cc(c43)C2)C1. The number of carbonyl (C=O) groups excluding carboxylic acids is 2. The second-order valence-corrected chi connectivity index (χ2v) is 11.2. The summed E-state index contributed by atoms with van der Waals surface area (Å²) in [7, 11) is 0. The molecule has 5 heterocycles. The zero-order valence-corrected chi connectivity index (χ0v) is 21.8. The van der Waals surface area contributed by atoms with Crippen molar-refractivity contribution in [2.24, 2.45) is 0 Å². The minimum absolute atomic E-state index is 0.0541. The fourth-order valence-electron chi connectivity index (χ4n) is 6.60. The van der Waals surface area contributed by atoms with Gasteiger partial charge in [-0.15, -0.1) is 0 Å². The summed E-state index contributed by atoms with van der Waals surface area (Å²) < 4.78 is 33.7. The fourth-order valence-corrected chi connectivity index (χ4v) is 6.60. The molecule has 200 valence electrons. The van der Waals surface area contributed by atoms with Crippen molar-refractivity contribution in [2.75, 3.05) is 19.6 Å². The number of halogens is 2. The number of pyridine rings is 1. The summed E-state index contributed by atoms with van der Waals surface area (Å²) in [6.07, 6.45) is 7.67. The Hall–Kier alpha value is -4.01. The van der Waals surface area contributed by atoms with Crippen molar-refractivity contribution in [3.05, 3.63) is 71.6 Å². The van der Waals surface area contributed by atoms with Gasteiger partial charge in [0.2, 0.25) is 0 Å². The number of aromatic nitrogens is 3. The summed E-state index contributed by atoms with van der Waals surface area (Å²) in [5.41, 5.74) is 4.07. The summed E-state index contributed by atoms with van der Waals surface area (Å²) in [5, 5.41) is 0.740. The Morgan fingerprint density at radius 3 is 2.82 bits per heavy atom. The van der Waals surface area contributed by atoms with Crippen LogP contribution in [0, 0.1) is 5.82 Å². The maximum atomic E-state index is 15.1. The average molecular weight is 530 g/mol. The van der Waals surface area contributed by atoms with E-state index < -0.39 is 5.67 Å². The number of rotatable bonds is 2. The number of imidazole rings is 1. The molecular weight excluding hydrogens is 500 g/mol. The standard InChI is InChI=1S/C30H29F2N5O2/c1-30(32)8-4-9-36(18-30)29(39)35-12-11-34-17-23(22-14-20(31)13-19(16-35)28(22)34)21-6-7-25(38)27(21)24-15-33-26-5-2-3-10-37(24)26/h2-3,5,10,13-15,17H,4,6-9,11-12,16,18H2,1H3. The predicted molar refractivity (Wildman–Crippen MR) is 144 cm³/mol. The molecule has 0 radical (unpaired) electrons. The lowest BCUT2D eigenvalue weighted by Gasteiger charge is -2.38. The highest BCUT2D eigenvalue weighted by Gasteiger charge is 2.36. The molecule has 1 atom stereocenters. The number of ketones is 1. The van der Waals surface area contributed by atoms with Crippen LogP contribution in [-0.2, 0) is 17.9 Å². The van der Waals surface area contributed by atoms with Gasteiger partial charge >= 0.3 is 6.03 Å². The van der Waals surface area contributed by atoms with Gasteiger partial charge in [-0.2, -0.15) is 0 Å². The van der Waals surface area contributed by atoms with Crippen LogP contribution in [0.3, 0.4) is 0 Å². The first kappa shape index (κ1) is 24.1. The molecule has 4 aromatic rings. The van der Waals surface area contributed by atoms with Gasteiger partial charge in [0, 0.05) is 61.5 Å². The third-order valence-electron chi connectivity index (χ3n) is 8.36. The number of carbonyl (C=O) groups is 2. The van der Waals surface area contributed by atoms with E-state index >= 15 is 4.39 Å². The van der Waals surface area contributed by atoms with Gasteiger partial charge in [-0.05, 0) is 61.6 Å². The number of allylic oxidation sites excluding steroid dienone is 2. The minimum Gasteiger partial charge on any atom is -0.345 e. The molecule has 0 spiro atoms. The third-order valence-corrected chi connectivity index (χ3v) is 8.36. The van der Waals surface area contributed by atoms with Gasteiger partial charge in [0.15, 0.2) is 5.78 Å². The maximum absolute atomic E-state index is 15.1. The van der Waals surface area contributed by atoms with Gasteiger partial charge in [-0.1, -0.05) is 6.07 Å². The zero-order valence-electron chi connectivity index (χ0n) is 21.8. The zero-order chi connectivity index (χ0) is 26.9. The molecule has 39 heavy (non-hydrogen) atoms. The van der Waals surface area contributed by atoms with Crippen LogP contribution in [0.4, 0.5) is 13.6 Å². The summed E-state index contributed by atoms with van der Waals surface area (Å²) in [5.74, 6) is -0.333. The van der Waals surface area contributed by atoms with Crippen molar-refractivity contribution in [1.29, 1.82) is 0 Å². The van der Waals surface area contributed by atoms with E-state index in [4.69, 9.17) is 0 Å². The topological polar surface area (TPSA) is 62.9 Å². The van der Waals surface area contributed by atoms with E-state index in [9.17, 15) is 14.0 Å². The van der Waals surface area contributed by atoms with E-state index in [0.29, 0.717) is 56.5 Å². The highest BCUT2D eigenvalue weighted by molar-refractivity contribution is 6.31. The molecule has 1 fully saturated rings. The molecule has 7 rings (SSSR count). The van der Waals surface area contributed by atoms with Gasteiger partial charge in [0.25, 0.3) is 0 Å². The quantitative estimate of drug-likeness (QED) is 0.346. The molecule has 2 aliphatic heterocycles. The molecule has 1 aliphatic carbocycles. The molecule has 1 aromatic carbocycles. The molecule has 1 unspecified atom stereocenters. The first-order valence-electron chi connectivity index (χ1n) is 13.5. The Morgan fingerprint density at radius 1 is 1.10 bits per heavy atom. The van der Waals surface area contributed by atoms with Crippen LogP contribution in [0.25, 0.3) is 27.7 Å². The van der Waals surface area contributed by atoms with Gasteiger partial charge in [-0.3, -0.25) is 9.20 Å². The highest BCUT2D eigenvalue weighted by atomic mass is 19.1. The molecule has 7 nitrogen and oxygen atoms in total. The van der Waals surface area contributed by atoms with Crippen molar-refractivity contribution >= 4 is 39.5 Å². The normalized spacial score (nSPS) is 21.9. The lowest BCUT2D eigenvalue weighted by molar-refractivity contribution is -0.113. The first-order valence-corrected chi connectivity index (χ1v) is 13.5. The number of hydrogen-bond donors (Lipinski definition) is 0. The number of urea groups is 1. The van der Waals surface area contributed by atoms with Crippen molar-refractivity contribution in [1.82, 2.24) is 23.8 Å². The van der Waals surface area contributed by atoms with Crippen molar-refractivity contribution < 1.29 is 18.4 Å². The monoisotopic (exact) mass is 529 g/mol. The van der Waals surface area contributed by atoms with Crippen LogP contribution in [0.2, 0.25) is 0 Å². The number of alkyl halides is 1. The van der Waals surface area contributed by atoms with Crippen LogP contribution in [-0.4, -0.2) is 60.9 Å².